The van der Waals surface area contributed by atoms with E-state index in [0.717, 1.165) is 6.42 Å². The number of methoxy groups -OCH3 is 1. The second-order valence-corrected chi connectivity index (χ2v) is 4.35. The molecule has 106 valence electrons. The lowest BCUT2D eigenvalue weighted by Crippen LogP contribution is -2.29. The molecule has 1 atom stereocenters. The smallest absolute Gasteiger partial charge is 0.251 e. The van der Waals surface area contributed by atoms with Gasteiger partial charge in [0.05, 0.1) is 7.11 Å². The monoisotopic (exact) mass is 269 g/mol. The fourth-order valence-corrected chi connectivity index (χ4v) is 1.77. The van der Waals surface area contributed by atoms with Gasteiger partial charge in [-0.1, -0.05) is 13.3 Å². The molecule has 0 spiro atoms. The molecule has 0 aliphatic rings. The van der Waals surface area contributed by atoms with Crippen LogP contribution < -0.4 is 10.1 Å². The highest BCUT2D eigenvalue weighted by molar-refractivity contribution is 5.94. The molecular weight excluding hydrogens is 249 g/mol. The van der Waals surface area contributed by atoms with Crippen molar-refractivity contribution in [3.05, 3.63) is 29.6 Å². The van der Waals surface area contributed by atoms with Gasteiger partial charge in [0, 0.05) is 18.7 Å². The SMILES string of the molecule is CCC(CCO)CNC(=O)c1ccc(F)c(OC)c1. The predicted molar refractivity (Wildman–Crippen MR) is 70.8 cm³/mol. The molecule has 0 aromatic heterocycles. The molecule has 0 fully saturated rings. The molecule has 5 heteroatoms. The molecule has 0 saturated carbocycles. The van der Waals surface area contributed by atoms with Crippen molar-refractivity contribution in [3.63, 3.8) is 0 Å². The van der Waals surface area contributed by atoms with Crippen LogP contribution in [0.15, 0.2) is 18.2 Å². The van der Waals surface area contributed by atoms with Crippen LogP contribution in [0.3, 0.4) is 0 Å². The largest absolute Gasteiger partial charge is 0.494 e. The summed E-state index contributed by atoms with van der Waals surface area (Å²) in [6.45, 7) is 2.61. The number of benzene rings is 1. The molecular formula is C14H20FNO3. The predicted octanol–water partition coefficient (Wildman–Crippen LogP) is 1.97. The van der Waals surface area contributed by atoms with E-state index in [0.29, 0.717) is 18.5 Å². The zero-order valence-corrected chi connectivity index (χ0v) is 11.3. The molecule has 0 bridgehead atoms. The van der Waals surface area contributed by atoms with Crippen molar-refractivity contribution < 1.29 is 19.0 Å². The van der Waals surface area contributed by atoms with Gasteiger partial charge >= 0.3 is 0 Å². The van der Waals surface area contributed by atoms with E-state index in [1.165, 1.54) is 25.3 Å². The van der Waals surface area contributed by atoms with Crippen LogP contribution in [-0.4, -0.2) is 31.3 Å². The third-order valence-electron chi connectivity index (χ3n) is 3.08. The minimum atomic E-state index is -0.495. The Balaban J connectivity index is 2.62. The van der Waals surface area contributed by atoms with Crippen molar-refractivity contribution >= 4 is 5.91 Å². The number of nitrogens with one attached hydrogen (secondary N) is 1. The van der Waals surface area contributed by atoms with Gasteiger partial charge in [-0.05, 0) is 30.5 Å². The van der Waals surface area contributed by atoms with Crippen molar-refractivity contribution in [2.24, 2.45) is 5.92 Å². The van der Waals surface area contributed by atoms with E-state index in [9.17, 15) is 9.18 Å². The van der Waals surface area contributed by atoms with Gasteiger partial charge in [-0.15, -0.1) is 0 Å². The Bertz CT molecular complexity index is 423. The van der Waals surface area contributed by atoms with Gasteiger partial charge in [-0.25, -0.2) is 4.39 Å². The Kier molecular flexibility index (Phi) is 6.29. The number of amides is 1. The van der Waals surface area contributed by atoms with Crippen LogP contribution >= 0.6 is 0 Å². The summed E-state index contributed by atoms with van der Waals surface area (Å²) in [7, 11) is 1.36. The van der Waals surface area contributed by atoms with E-state index in [1.807, 2.05) is 6.92 Å². The van der Waals surface area contributed by atoms with Crippen molar-refractivity contribution in [2.45, 2.75) is 19.8 Å². The normalized spacial score (nSPS) is 12.0. The van der Waals surface area contributed by atoms with Gasteiger partial charge in [0.1, 0.15) is 0 Å². The molecule has 1 aromatic rings. The molecule has 1 rings (SSSR count). The van der Waals surface area contributed by atoms with E-state index in [2.05, 4.69) is 5.32 Å². The van der Waals surface area contributed by atoms with Gasteiger partial charge in [0.2, 0.25) is 0 Å². The lowest BCUT2D eigenvalue weighted by molar-refractivity contribution is 0.0943. The first-order chi connectivity index (χ1) is 9.12. The summed E-state index contributed by atoms with van der Waals surface area (Å²) in [6.07, 6.45) is 1.54. The third kappa shape index (κ3) is 4.52. The summed E-state index contributed by atoms with van der Waals surface area (Å²) >= 11 is 0. The molecule has 0 heterocycles. The average molecular weight is 269 g/mol. The van der Waals surface area contributed by atoms with Gasteiger partial charge < -0.3 is 15.2 Å². The molecule has 1 aromatic carbocycles. The van der Waals surface area contributed by atoms with Gasteiger partial charge in [0.15, 0.2) is 11.6 Å². The highest BCUT2D eigenvalue weighted by atomic mass is 19.1. The van der Waals surface area contributed by atoms with Crippen molar-refractivity contribution in [1.82, 2.24) is 5.32 Å². The number of aliphatic hydroxyl groups is 1. The first-order valence-electron chi connectivity index (χ1n) is 6.35. The summed E-state index contributed by atoms with van der Waals surface area (Å²) in [5.74, 6) is -0.466. The Morgan fingerprint density at radius 1 is 1.53 bits per heavy atom. The molecule has 1 unspecified atom stereocenters. The van der Waals surface area contributed by atoms with Crippen LogP contribution in [0.4, 0.5) is 4.39 Å². The maximum Gasteiger partial charge on any atom is 0.251 e. The summed E-state index contributed by atoms with van der Waals surface area (Å²) in [4.78, 5) is 11.9. The van der Waals surface area contributed by atoms with E-state index >= 15 is 0 Å². The standard InChI is InChI=1S/C14H20FNO3/c1-3-10(6-7-17)9-16-14(18)11-4-5-12(15)13(8-11)19-2/h4-5,8,10,17H,3,6-7,9H2,1-2H3,(H,16,18). The summed E-state index contributed by atoms with van der Waals surface area (Å²) in [5, 5.41) is 11.7. The van der Waals surface area contributed by atoms with Crippen LogP contribution in [0.2, 0.25) is 0 Å². The molecule has 0 saturated heterocycles. The first kappa shape index (κ1) is 15.4. The maximum atomic E-state index is 13.2. The van der Waals surface area contributed by atoms with Gasteiger partial charge in [0.25, 0.3) is 5.91 Å². The number of hydrogen-bond donors (Lipinski definition) is 2. The molecule has 0 radical (unpaired) electrons. The van der Waals surface area contributed by atoms with Gasteiger partial charge in [-0.2, -0.15) is 0 Å². The van der Waals surface area contributed by atoms with Gasteiger partial charge in [-0.3, -0.25) is 4.79 Å². The fraction of sp³-hybridized carbons (Fsp3) is 0.500. The number of halogens is 1. The number of rotatable bonds is 7. The topological polar surface area (TPSA) is 58.6 Å². The molecule has 0 aliphatic carbocycles. The zero-order valence-electron chi connectivity index (χ0n) is 11.3. The number of carbonyl (C=O) groups is 1. The Hall–Kier alpha value is -1.62. The van der Waals surface area contributed by atoms with Crippen molar-refractivity contribution in [2.75, 3.05) is 20.3 Å². The summed E-state index contributed by atoms with van der Waals surface area (Å²) in [5.41, 5.74) is 0.358. The van der Waals surface area contributed by atoms with Crippen LogP contribution in [0.1, 0.15) is 30.1 Å². The quantitative estimate of drug-likeness (QED) is 0.795. The second-order valence-electron chi connectivity index (χ2n) is 4.35. The zero-order chi connectivity index (χ0) is 14.3. The average Bonchev–Trinajstić information content (AvgIpc) is 2.43. The summed E-state index contributed by atoms with van der Waals surface area (Å²) < 4.78 is 18.1. The third-order valence-corrected chi connectivity index (χ3v) is 3.08. The molecule has 4 nitrogen and oxygen atoms in total. The lowest BCUT2D eigenvalue weighted by atomic mass is 10.0. The molecule has 2 N–H and O–H groups in total. The number of carbonyl (C=O) groups excluding carboxylic acids is 1. The van der Waals surface area contributed by atoms with Crippen LogP contribution in [-0.2, 0) is 0 Å². The highest BCUT2D eigenvalue weighted by Gasteiger charge is 2.12. The van der Waals surface area contributed by atoms with E-state index in [4.69, 9.17) is 9.84 Å². The van der Waals surface area contributed by atoms with Crippen molar-refractivity contribution in [1.29, 1.82) is 0 Å². The maximum absolute atomic E-state index is 13.2. The number of hydrogen-bond acceptors (Lipinski definition) is 3. The van der Waals surface area contributed by atoms with E-state index in [1.54, 1.807) is 0 Å². The minimum absolute atomic E-state index is 0.0510. The fourth-order valence-electron chi connectivity index (χ4n) is 1.77. The Morgan fingerprint density at radius 2 is 2.26 bits per heavy atom. The highest BCUT2D eigenvalue weighted by Crippen LogP contribution is 2.18. The van der Waals surface area contributed by atoms with E-state index < -0.39 is 5.82 Å². The van der Waals surface area contributed by atoms with Crippen LogP contribution in [0.5, 0.6) is 5.75 Å². The second kappa shape index (κ2) is 7.74. The van der Waals surface area contributed by atoms with Crippen molar-refractivity contribution in [3.8, 4) is 5.75 Å². The van der Waals surface area contributed by atoms with Crippen LogP contribution in [0, 0.1) is 11.7 Å². The molecule has 19 heavy (non-hydrogen) atoms. The van der Waals surface area contributed by atoms with E-state index in [-0.39, 0.29) is 24.2 Å². The first-order valence-corrected chi connectivity index (χ1v) is 6.35. The molecule has 1 amide bonds. The minimum Gasteiger partial charge on any atom is -0.494 e. The summed E-state index contributed by atoms with van der Waals surface area (Å²) in [6, 6.07) is 4.00. The Morgan fingerprint density at radius 3 is 2.84 bits per heavy atom. The lowest BCUT2D eigenvalue weighted by Gasteiger charge is -2.14. The molecule has 0 aliphatic heterocycles. The number of aliphatic hydroxyl groups excluding tert-OH is 1. The Labute approximate surface area is 112 Å². The van der Waals surface area contributed by atoms with Crippen LogP contribution in [0.25, 0.3) is 0 Å². The number of ether oxygens (including phenoxy) is 1.